The van der Waals surface area contributed by atoms with Crippen LogP contribution in [0.5, 0.6) is 0 Å². The number of aryl methyl sites for hydroxylation is 1. The Hall–Kier alpha value is -2.64. The summed E-state index contributed by atoms with van der Waals surface area (Å²) in [6, 6.07) is 17.3. The van der Waals surface area contributed by atoms with Crippen LogP contribution in [0, 0.1) is 5.92 Å². The van der Waals surface area contributed by atoms with Crippen molar-refractivity contribution in [3.05, 3.63) is 66.4 Å². The van der Waals surface area contributed by atoms with Crippen molar-refractivity contribution < 1.29 is 13.2 Å². The molecular formula is C24H29N3O3S. The molecule has 2 heterocycles. The Bertz CT molecular complexity index is 1150. The van der Waals surface area contributed by atoms with E-state index in [0.29, 0.717) is 25.9 Å². The molecule has 1 aliphatic heterocycles. The zero-order valence-electron chi connectivity index (χ0n) is 17.8. The Morgan fingerprint density at radius 2 is 1.81 bits per heavy atom. The van der Waals surface area contributed by atoms with Crippen LogP contribution in [0.4, 0.5) is 5.69 Å². The Morgan fingerprint density at radius 1 is 1.06 bits per heavy atom. The lowest BCUT2D eigenvalue weighted by Crippen LogP contribution is -2.41. The second-order valence-corrected chi connectivity index (χ2v) is 10.2. The number of carbonyl (C=O) groups is 1. The van der Waals surface area contributed by atoms with E-state index in [1.54, 1.807) is 0 Å². The molecule has 1 N–H and O–H groups in total. The normalized spacial score (nSPS) is 15.9. The lowest BCUT2D eigenvalue weighted by Gasteiger charge is -2.30. The maximum atomic E-state index is 12.8. The van der Waals surface area contributed by atoms with Gasteiger partial charge in [0.15, 0.2) is 0 Å². The average Bonchev–Trinajstić information content (AvgIpc) is 3.16. The molecule has 1 fully saturated rings. The number of fused-ring (bicyclic) bond motifs is 1. The van der Waals surface area contributed by atoms with Crippen molar-refractivity contribution in [1.82, 2.24) is 8.87 Å². The number of hydrogen-bond donors (Lipinski definition) is 1. The van der Waals surface area contributed by atoms with Gasteiger partial charge in [-0.05, 0) is 49.1 Å². The number of anilines is 1. The summed E-state index contributed by atoms with van der Waals surface area (Å²) < 4.78 is 29.2. The monoisotopic (exact) mass is 439 g/mol. The summed E-state index contributed by atoms with van der Waals surface area (Å²) in [7, 11) is -3.37. The van der Waals surface area contributed by atoms with E-state index >= 15 is 0 Å². The minimum absolute atomic E-state index is 0.00238. The fraction of sp³-hybridized carbons (Fsp3) is 0.375. The minimum atomic E-state index is -3.37. The maximum Gasteiger partial charge on any atom is 0.227 e. The molecule has 31 heavy (non-hydrogen) atoms. The van der Waals surface area contributed by atoms with Crippen LogP contribution in [0.1, 0.15) is 31.7 Å². The number of piperidine rings is 1. The van der Waals surface area contributed by atoms with Crippen LogP contribution >= 0.6 is 0 Å². The Labute approximate surface area is 183 Å². The van der Waals surface area contributed by atoms with Crippen LogP contribution in [0.3, 0.4) is 0 Å². The molecule has 3 aromatic rings. The molecular weight excluding hydrogens is 410 g/mol. The van der Waals surface area contributed by atoms with Gasteiger partial charge in [-0.15, -0.1) is 0 Å². The molecule has 1 amide bonds. The van der Waals surface area contributed by atoms with Gasteiger partial charge in [0.2, 0.25) is 15.9 Å². The molecule has 0 radical (unpaired) electrons. The van der Waals surface area contributed by atoms with Crippen LogP contribution in [0.25, 0.3) is 10.9 Å². The van der Waals surface area contributed by atoms with Gasteiger partial charge in [0.1, 0.15) is 0 Å². The van der Waals surface area contributed by atoms with Crippen molar-refractivity contribution in [1.29, 1.82) is 0 Å². The number of hydrogen-bond acceptors (Lipinski definition) is 3. The summed E-state index contributed by atoms with van der Waals surface area (Å²) in [5.41, 5.74) is 2.73. The topological polar surface area (TPSA) is 71.4 Å². The summed E-state index contributed by atoms with van der Waals surface area (Å²) in [6.07, 6.45) is 4.22. The highest BCUT2D eigenvalue weighted by Crippen LogP contribution is 2.25. The third kappa shape index (κ3) is 4.99. The summed E-state index contributed by atoms with van der Waals surface area (Å²) in [4.78, 5) is 12.8. The van der Waals surface area contributed by atoms with Gasteiger partial charge < -0.3 is 9.88 Å². The minimum Gasteiger partial charge on any atom is -0.347 e. The van der Waals surface area contributed by atoms with Crippen LogP contribution in [-0.4, -0.2) is 36.3 Å². The van der Waals surface area contributed by atoms with Crippen molar-refractivity contribution >= 4 is 32.5 Å². The molecule has 0 aliphatic carbocycles. The number of amides is 1. The molecule has 2 aromatic carbocycles. The van der Waals surface area contributed by atoms with Crippen molar-refractivity contribution in [3.8, 4) is 0 Å². The molecule has 1 aromatic heterocycles. The molecule has 7 heteroatoms. The predicted molar refractivity (Wildman–Crippen MR) is 124 cm³/mol. The van der Waals surface area contributed by atoms with Gasteiger partial charge in [-0.3, -0.25) is 4.79 Å². The Balaban J connectivity index is 1.34. The molecule has 0 bridgehead atoms. The van der Waals surface area contributed by atoms with Gasteiger partial charge in [-0.1, -0.05) is 37.3 Å². The van der Waals surface area contributed by atoms with Crippen LogP contribution < -0.4 is 5.32 Å². The van der Waals surface area contributed by atoms with Gasteiger partial charge in [0, 0.05) is 48.3 Å². The van der Waals surface area contributed by atoms with E-state index in [1.807, 2.05) is 48.5 Å². The van der Waals surface area contributed by atoms with E-state index < -0.39 is 10.0 Å². The molecule has 0 atom stereocenters. The van der Waals surface area contributed by atoms with Crippen molar-refractivity contribution in [2.75, 3.05) is 18.4 Å². The molecule has 0 unspecified atom stereocenters. The maximum absolute atomic E-state index is 12.8. The summed E-state index contributed by atoms with van der Waals surface area (Å²) in [5, 5.41) is 4.13. The third-order valence-electron chi connectivity index (χ3n) is 5.91. The zero-order valence-corrected chi connectivity index (χ0v) is 18.6. The van der Waals surface area contributed by atoms with Crippen molar-refractivity contribution in [2.45, 2.75) is 38.5 Å². The molecule has 1 aliphatic rings. The number of sulfonamides is 1. The van der Waals surface area contributed by atoms with Gasteiger partial charge >= 0.3 is 0 Å². The second-order valence-electron chi connectivity index (χ2n) is 8.19. The van der Waals surface area contributed by atoms with Crippen LogP contribution in [-0.2, 0) is 27.1 Å². The van der Waals surface area contributed by atoms with Gasteiger partial charge in [0.05, 0.1) is 5.75 Å². The van der Waals surface area contributed by atoms with E-state index in [4.69, 9.17) is 0 Å². The quantitative estimate of drug-likeness (QED) is 0.599. The van der Waals surface area contributed by atoms with E-state index in [-0.39, 0.29) is 17.6 Å². The first-order valence-electron chi connectivity index (χ1n) is 10.9. The first-order chi connectivity index (χ1) is 15.0. The standard InChI is InChI=1S/C24H29N3O3S/c1-2-13-26-14-10-21-17-22(8-9-23(21)26)25-24(28)20-11-15-27(16-12-20)31(29,30)18-19-6-4-3-5-7-19/h3-10,14,17,20H,2,11-13,15-16,18H2,1H3,(H,25,28). The smallest absolute Gasteiger partial charge is 0.227 e. The van der Waals surface area contributed by atoms with Gasteiger partial charge in [-0.2, -0.15) is 0 Å². The molecule has 1 saturated heterocycles. The number of nitrogens with one attached hydrogen (secondary N) is 1. The summed E-state index contributed by atoms with van der Waals surface area (Å²) in [5.74, 6) is -0.210. The first-order valence-corrected chi connectivity index (χ1v) is 12.5. The van der Waals surface area contributed by atoms with E-state index in [2.05, 4.69) is 29.1 Å². The van der Waals surface area contributed by atoms with Crippen molar-refractivity contribution in [2.24, 2.45) is 5.92 Å². The SMILES string of the molecule is CCCn1ccc2cc(NC(=O)C3CCN(S(=O)(=O)Cc4ccccc4)CC3)ccc21. The third-order valence-corrected chi connectivity index (χ3v) is 7.76. The molecule has 4 rings (SSSR count). The highest BCUT2D eigenvalue weighted by molar-refractivity contribution is 7.88. The lowest BCUT2D eigenvalue weighted by molar-refractivity contribution is -0.120. The largest absolute Gasteiger partial charge is 0.347 e. The second kappa shape index (κ2) is 9.24. The Morgan fingerprint density at radius 3 is 2.52 bits per heavy atom. The molecule has 0 spiro atoms. The predicted octanol–water partition coefficient (Wildman–Crippen LogP) is 4.23. The summed E-state index contributed by atoms with van der Waals surface area (Å²) >= 11 is 0. The highest BCUT2D eigenvalue weighted by Gasteiger charge is 2.31. The fourth-order valence-corrected chi connectivity index (χ4v) is 5.79. The lowest BCUT2D eigenvalue weighted by atomic mass is 9.97. The van der Waals surface area contributed by atoms with E-state index in [9.17, 15) is 13.2 Å². The first kappa shape index (κ1) is 21.6. The number of carbonyl (C=O) groups excluding carboxylic acids is 1. The number of nitrogens with zero attached hydrogens (tertiary/aromatic N) is 2. The average molecular weight is 440 g/mol. The molecule has 164 valence electrons. The zero-order chi connectivity index (χ0) is 21.8. The molecule has 6 nitrogen and oxygen atoms in total. The van der Waals surface area contributed by atoms with Gasteiger partial charge in [0.25, 0.3) is 0 Å². The Kier molecular flexibility index (Phi) is 6.43. The fourth-order valence-electron chi connectivity index (χ4n) is 4.23. The van der Waals surface area contributed by atoms with E-state index in [0.717, 1.165) is 35.1 Å². The van der Waals surface area contributed by atoms with Crippen LogP contribution in [0.15, 0.2) is 60.8 Å². The van der Waals surface area contributed by atoms with Gasteiger partial charge in [-0.25, -0.2) is 12.7 Å². The number of rotatable bonds is 7. The number of benzene rings is 2. The molecule has 0 saturated carbocycles. The van der Waals surface area contributed by atoms with E-state index in [1.165, 1.54) is 4.31 Å². The summed E-state index contributed by atoms with van der Waals surface area (Å²) in [6.45, 7) is 3.89. The number of aromatic nitrogens is 1. The van der Waals surface area contributed by atoms with Crippen molar-refractivity contribution in [3.63, 3.8) is 0 Å². The highest BCUT2D eigenvalue weighted by atomic mass is 32.2. The van der Waals surface area contributed by atoms with Crippen LogP contribution in [0.2, 0.25) is 0 Å².